The molecule has 13 nitrogen and oxygen atoms in total. The maximum Gasteiger partial charge on any atom is 0.254 e. The second-order valence-electron chi connectivity index (χ2n) is 10.1. The number of aromatic nitrogens is 7. The van der Waals surface area contributed by atoms with Crippen LogP contribution in [0.25, 0.3) is 28.4 Å². The van der Waals surface area contributed by atoms with Gasteiger partial charge >= 0.3 is 0 Å². The van der Waals surface area contributed by atoms with E-state index in [-0.39, 0.29) is 11.7 Å². The maximum atomic E-state index is 13.4. The highest BCUT2D eigenvalue weighted by Gasteiger charge is 2.25. The number of nitrogens with zero attached hydrogens (tertiary/aromatic N) is 8. The van der Waals surface area contributed by atoms with Gasteiger partial charge in [-0.25, -0.2) is 14.5 Å². The minimum absolute atomic E-state index is 0.198. The minimum atomic E-state index is -0.244. The lowest BCUT2D eigenvalue weighted by molar-refractivity contribution is 0.0383. The predicted octanol–water partition coefficient (Wildman–Crippen LogP) is 1.75. The lowest BCUT2D eigenvalue weighted by Gasteiger charge is -2.26. The van der Waals surface area contributed by atoms with Crippen LogP contribution in [0.5, 0.6) is 0 Å². The van der Waals surface area contributed by atoms with Crippen molar-refractivity contribution in [3.05, 3.63) is 36.4 Å². The molecular formula is C27H38N10O3. The molecule has 4 aromatic rings. The Morgan fingerprint density at radius 3 is 2.58 bits per heavy atom. The van der Waals surface area contributed by atoms with E-state index in [1.54, 1.807) is 34.9 Å². The molecule has 6 rings (SSSR count). The molecule has 1 saturated carbocycles. The first-order chi connectivity index (χ1) is 19.4. The second kappa shape index (κ2) is 12.6. The number of hydrogen-bond donors (Lipinski definition) is 2. The minimum Gasteiger partial charge on any atom is -0.382 e. The van der Waals surface area contributed by atoms with E-state index in [0.717, 1.165) is 19.6 Å². The molecule has 0 spiro atoms. The number of carbonyl (C=O) groups excluding carboxylic acids is 1. The molecule has 1 aliphatic heterocycles. The number of amides is 1. The largest absolute Gasteiger partial charge is 0.382 e. The van der Waals surface area contributed by atoms with Gasteiger partial charge in [0.2, 0.25) is 5.82 Å². The fraction of sp³-hybridized carbons (Fsp3) is 0.519. The molecule has 0 radical (unpaired) electrons. The topological polar surface area (TPSA) is 143 Å². The summed E-state index contributed by atoms with van der Waals surface area (Å²) in [6.07, 6.45) is 13.0. The van der Waals surface area contributed by atoms with Gasteiger partial charge in [-0.05, 0) is 18.9 Å². The van der Waals surface area contributed by atoms with E-state index in [1.165, 1.54) is 25.7 Å². The average Bonchev–Trinajstić information content (AvgIpc) is 3.76. The van der Waals surface area contributed by atoms with Crippen LogP contribution in [0.4, 0.5) is 5.82 Å². The summed E-state index contributed by atoms with van der Waals surface area (Å²) >= 11 is 0. The lowest BCUT2D eigenvalue weighted by Crippen LogP contribution is -2.41. The number of hydrogen-bond acceptors (Lipinski definition) is 9. The second-order valence-corrected chi connectivity index (χ2v) is 10.1. The van der Waals surface area contributed by atoms with Crippen molar-refractivity contribution >= 4 is 17.2 Å². The third-order valence-electron chi connectivity index (χ3n) is 7.35. The van der Waals surface area contributed by atoms with Gasteiger partial charge < -0.3 is 25.1 Å². The molecular weight excluding hydrogens is 512 g/mol. The van der Waals surface area contributed by atoms with E-state index in [1.807, 2.05) is 30.9 Å². The molecule has 3 N–H and O–H groups in total. The van der Waals surface area contributed by atoms with Gasteiger partial charge in [0.25, 0.3) is 5.91 Å². The molecule has 40 heavy (non-hydrogen) atoms. The van der Waals surface area contributed by atoms with Gasteiger partial charge in [-0.3, -0.25) is 14.4 Å². The van der Waals surface area contributed by atoms with Crippen LogP contribution in [0.1, 0.15) is 36.0 Å². The van der Waals surface area contributed by atoms with Crippen molar-refractivity contribution < 1.29 is 14.3 Å². The van der Waals surface area contributed by atoms with Crippen molar-refractivity contribution in [2.75, 3.05) is 52.2 Å². The summed E-state index contributed by atoms with van der Waals surface area (Å²) in [5.41, 5.74) is 8.49. The van der Waals surface area contributed by atoms with Gasteiger partial charge in [0.05, 0.1) is 30.6 Å². The number of methoxy groups -OCH3 is 1. The molecule has 4 aromatic heterocycles. The van der Waals surface area contributed by atoms with Crippen LogP contribution in [0.2, 0.25) is 0 Å². The molecule has 13 heteroatoms. The Hall–Kier alpha value is -3.81. The number of rotatable bonds is 7. The third-order valence-corrected chi connectivity index (χ3v) is 7.35. The average molecular weight is 551 g/mol. The SMILES string of the molecule is COC1CCCC1.Cn1ccc(-c2cn3nc(-c4nccn4C)nc(N)c3c2C(=O)NCCN2CCOCC2)n1. The van der Waals surface area contributed by atoms with E-state index in [4.69, 9.17) is 15.2 Å². The van der Waals surface area contributed by atoms with E-state index in [9.17, 15) is 4.79 Å². The Morgan fingerprint density at radius 2 is 1.95 bits per heavy atom. The first-order valence-electron chi connectivity index (χ1n) is 13.7. The first-order valence-corrected chi connectivity index (χ1v) is 13.7. The molecule has 1 aliphatic carbocycles. The quantitative estimate of drug-likeness (QED) is 0.352. The number of nitrogen functional groups attached to an aromatic ring is 1. The molecule has 5 heterocycles. The van der Waals surface area contributed by atoms with E-state index < -0.39 is 0 Å². The molecule has 0 aromatic carbocycles. The molecule has 0 bridgehead atoms. The number of morpholine rings is 1. The Morgan fingerprint density at radius 1 is 1.18 bits per heavy atom. The van der Waals surface area contributed by atoms with Crippen molar-refractivity contribution in [3.8, 4) is 22.9 Å². The highest BCUT2D eigenvalue weighted by atomic mass is 16.5. The van der Waals surface area contributed by atoms with E-state index in [2.05, 4.69) is 30.4 Å². The van der Waals surface area contributed by atoms with Crippen molar-refractivity contribution in [1.82, 2.24) is 44.1 Å². The zero-order valence-corrected chi connectivity index (χ0v) is 23.4. The van der Waals surface area contributed by atoms with Gasteiger partial charge in [0.1, 0.15) is 5.52 Å². The van der Waals surface area contributed by atoms with Crippen LogP contribution in [-0.4, -0.2) is 97.3 Å². The van der Waals surface area contributed by atoms with Crippen molar-refractivity contribution in [2.45, 2.75) is 31.8 Å². The number of aryl methyl sites for hydroxylation is 2. The Kier molecular flexibility index (Phi) is 8.72. The number of anilines is 1. The molecule has 0 unspecified atom stereocenters. The third kappa shape index (κ3) is 6.16. The van der Waals surface area contributed by atoms with Crippen molar-refractivity contribution in [2.24, 2.45) is 14.1 Å². The smallest absolute Gasteiger partial charge is 0.254 e. The van der Waals surface area contributed by atoms with Crippen LogP contribution in [0, 0.1) is 0 Å². The molecule has 0 atom stereocenters. The molecule has 214 valence electrons. The van der Waals surface area contributed by atoms with Crippen molar-refractivity contribution in [3.63, 3.8) is 0 Å². The first kappa shape index (κ1) is 27.7. The highest BCUT2D eigenvalue weighted by molar-refractivity contribution is 6.09. The monoisotopic (exact) mass is 550 g/mol. The lowest BCUT2D eigenvalue weighted by atomic mass is 10.1. The number of nitrogens with two attached hydrogens (primary N) is 1. The Bertz CT molecular complexity index is 1430. The Balaban J connectivity index is 0.000000403. The van der Waals surface area contributed by atoms with Crippen LogP contribution >= 0.6 is 0 Å². The van der Waals surface area contributed by atoms with Crippen LogP contribution in [0.15, 0.2) is 30.9 Å². The Labute approximate surface area is 233 Å². The standard InChI is InChI=1S/C21H26N10O2.C6H12O/c1-28-7-4-23-20(28)19-25-18(22)17-16(21(32)24-5-8-30-9-11-33-12-10-30)14(13-31(17)27-19)15-3-6-29(2)26-15;1-7-6-4-2-3-5-6/h3-4,6-7,13H,5,8-12H2,1-2H3,(H,24,32)(H2,22,25,27);6H,2-5H2,1H3. The molecule has 1 amide bonds. The molecule has 2 aliphatic rings. The summed E-state index contributed by atoms with van der Waals surface area (Å²) in [7, 11) is 5.49. The molecule has 1 saturated heterocycles. The summed E-state index contributed by atoms with van der Waals surface area (Å²) in [6.45, 7) is 4.41. The maximum absolute atomic E-state index is 13.4. The van der Waals surface area contributed by atoms with Crippen LogP contribution in [-0.2, 0) is 23.6 Å². The fourth-order valence-corrected chi connectivity index (χ4v) is 5.13. The van der Waals surface area contributed by atoms with Crippen LogP contribution in [0.3, 0.4) is 0 Å². The van der Waals surface area contributed by atoms with Gasteiger partial charge in [0.15, 0.2) is 11.6 Å². The normalized spacial score (nSPS) is 16.3. The fourth-order valence-electron chi connectivity index (χ4n) is 5.13. The predicted molar refractivity (Wildman–Crippen MR) is 151 cm³/mol. The van der Waals surface area contributed by atoms with E-state index in [0.29, 0.717) is 59.8 Å². The van der Waals surface area contributed by atoms with Gasteiger partial charge in [-0.2, -0.15) is 5.10 Å². The summed E-state index contributed by atoms with van der Waals surface area (Å²) < 4.78 is 15.6. The number of carbonyl (C=O) groups is 1. The number of nitrogens with one attached hydrogen (secondary N) is 1. The van der Waals surface area contributed by atoms with Crippen molar-refractivity contribution in [1.29, 1.82) is 0 Å². The summed E-state index contributed by atoms with van der Waals surface area (Å²) in [5.74, 6) is 0.900. The summed E-state index contributed by atoms with van der Waals surface area (Å²) in [6, 6.07) is 1.85. The van der Waals surface area contributed by atoms with Gasteiger partial charge in [0, 0.05) is 77.7 Å². The number of fused-ring (bicyclic) bond motifs is 1. The molecule has 2 fully saturated rings. The van der Waals surface area contributed by atoms with Gasteiger partial charge in [-0.1, -0.05) is 12.8 Å². The highest BCUT2D eigenvalue weighted by Crippen LogP contribution is 2.30. The summed E-state index contributed by atoms with van der Waals surface area (Å²) in [4.78, 5) is 24.4. The van der Waals surface area contributed by atoms with Crippen LogP contribution < -0.4 is 11.1 Å². The number of ether oxygens (including phenoxy) is 2. The van der Waals surface area contributed by atoms with E-state index >= 15 is 0 Å². The number of imidazole rings is 1. The zero-order chi connectivity index (χ0) is 28.1. The van der Waals surface area contributed by atoms with Gasteiger partial charge in [-0.15, -0.1) is 5.10 Å². The zero-order valence-electron chi connectivity index (χ0n) is 23.4. The summed E-state index contributed by atoms with van der Waals surface area (Å²) in [5, 5.41) is 12.1.